The largest absolute Gasteiger partial charge is 0.468 e. The second-order valence-corrected chi connectivity index (χ2v) is 6.63. The molecule has 22 heavy (non-hydrogen) atoms. The van der Waals surface area contributed by atoms with Crippen LogP contribution in [-0.4, -0.2) is 24.3 Å². The van der Waals surface area contributed by atoms with Crippen LogP contribution in [0, 0.1) is 6.92 Å². The van der Waals surface area contributed by atoms with Crippen LogP contribution in [0.3, 0.4) is 0 Å². The molecule has 1 aromatic rings. The van der Waals surface area contributed by atoms with Gasteiger partial charge >= 0.3 is 6.09 Å². The molecule has 0 aliphatic rings. The summed E-state index contributed by atoms with van der Waals surface area (Å²) in [7, 11) is 0. The van der Waals surface area contributed by atoms with E-state index in [1.807, 2.05) is 33.8 Å². The molecule has 5 nitrogen and oxygen atoms in total. The zero-order chi connectivity index (χ0) is 16.6. The number of unbranched alkanes of at least 4 members (excludes halogenated alkanes) is 1. The Kier molecular flexibility index (Phi) is 7.45. The average molecular weight is 310 g/mol. The van der Waals surface area contributed by atoms with Crippen molar-refractivity contribution in [2.45, 2.75) is 72.1 Å². The summed E-state index contributed by atoms with van der Waals surface area (Å²) in [6, 6.07) is 2.16. The number of hydrogen-bond donors (Lipinski definition) is 2. The summed E-state index contributed by atoms with van der Waals surface area (Å²) in [6.45, 7) is 11.0. The molecule has 126 valence electrons. The number of hydrogen-bond acceptors (Lipinski definition) is 4. The molecule has 2 N–H and O–H groups in total. The van der Waals surface area contributed by atoms with E-state index in [4.69, 9.17) is 9.15 Å². The van der Waals surface area contributed by atoms with Crippen molar-refractivity contribution in [3.8, 4) is 0 Å². The molecule has 1 amide bonds. The van der Waals surface area contributed by atoms with Crippen LogP contribution in [0.25, 0.3) is 0 Å². The van der Waals surface area contributed by atoms with Crippen molar-refractivity contribution in [2.24, 2.45) is 0 Å². The highest BCUT2D eigenvalue weighted by Gasteiger charge is 2.17. The first kappa shape index (κ1) is 18.6. The lowest BCUT2D eigenvalue weighted by Crippen LogP contribution is -2.42. The van der Waals surface area contributed by atoms with Crippen LogP contribution >= 0.6 is 0 Å². The van der Waals surface area contributed by atoms with E-state index in [2.05, 4.69) is 17.6 Å². The van der Waals surface area contributed by atoms with Gasteiger partial charge in [-0.15, -0.1) is 0 Å². The molecule has 0 spiro atoms. The van der Waals surface area contributed by atoms with Gasteiger partial charge in [-0.2, -0.15) is 0 Å². The number of aryl methyl sites for hydroxylation is 1. The second-order valence-electron chi connectivity index (χ2n) is 6.63. The molecule has 5 heteroatoms. The van der Waals surface area contributed by atoms with Gasteiger partial charge in [-0.25, -0.2) is 4.79 Å². The monoisotopic (exact) mass is 310 g/mol. The van der Waals surface area contributed by atoms with Gasteiger partial charge in [-0.05, 0) is 45.7 Å². The van der Waals surface area contributed by atoms with Gasteiger partial charge in [0, 0.05) is 12.6 Å². The Morgan fingerprint density at radius 2 is 2.14 bits per heavy atom. The lowest BCUT2D eigenvalue weighted by atomic mass is 10.1. The zero-order valence-electron chi connectivity index (χ0n) is 14.5. The zero-order valence-corrected chi connectivity index (χ0v) is 14.5. The molecule has 0 saturated heterocycles. The minimum absolute atomic E-state index is 0.206. The predicted molar refractivity (Wildman–Crippen MR) is 87.8 cm³/mol. The maximum atomic E-state index is 11.7. The number of alkyl carbamates (subject to hydrolysis) is 1. The topological polar surface area (TPSA) is 63.5 Å². The standard InChI is InChI=1S/C17H30N2O3/c1-6-7-8-14(11-19-16(20)22-17(3,4)5)18-12-15-13(2)9-10-21-15/h9-10,14,18H,6-8,11-12H2,1-5H3,(H,19,20). The Morgan fingerprint density at radius 3 is 2.68 bits per heavy atom. The van der Waals surface area contributed by atoms with Crippen LogP contribution < -0.4 is 10.6 Å². The smallest absolute Gasteiger partial charge is 0.407 e. The number of nitrogens with one attached hydrogen (secondary N) is 2. The van der Waals surface area contributed by atoms with E-state index in [1.54, 1.807) is 6.26 Å². The lowest BCUT2D eigenvalue weighted by molar-refractivity contribution is 0.0521. The van der Waals surface area contributed by atoms with E-state index in [0.29, 0.717) is 13.1 Å². The van der Waals surface area contributed by atoms with Gasteiger partial charge in [0.25, 0.3) is 0 Å². The number of furan rings is 1. The molecule has 0 aliphatic heterocycles. The van der Waals surface area contributed by atoms with Crippen LogP contribution in [0.1, 0.15) is 58.3 Å². The molecule has 1 rings (SSSR count). The second kappa shape index (κ2) is 8.83. The highest BCUT2D eigenvalue weighted by molar-refractivity contribution is 5.67. The number of ether oxygens (including phenoxy) is 1. The third-order valence-corrected chi connectivity index (χ3v) is 3.32. The quantitative estimate of drug-likeness (QED) is 0.767. The summed E-state index contributed by atoms with van der Waals surface area (Å²) in [5.41, 5.74) is 0.670. The van der Waals surface area contributed by atoms with Gasteiger partial charge < -0.3 is 19.8 Å². The summed E-state index contributed by atoms with van der Waals surface area (Å²) in [5, 5.41) is 6.29. The Morgan fingerprint density at radius 1 is 1.41 bits per heavy atom. The summed E-state index contributed by atoms with van der Waals surface area (Å²) < 4.78 is 10.7. The first-order valence-electron chi connectivity index (χ1n) is 8.05. The highest BCUT2D eigenvalue weighted by atomic mass is 16.6. The lowest BCUT2D eigenvalue weighted by Gasteiger charge is -2.22. The molecular weight excluding hydrogens is 280 g/mol. The molecule has 1 aromatic heterocycles. The van der Waals surface area contributed by atoms with Gasteiger partial charge in [0.1, 0.15) is 11.4 Å². The van der Waals surface area contributed by atoms with Gasteiger partial charge in [-0.1, -0.05) is 19.8 Å². The van der Waals surface area contributed by atoms with Gasteiger partial charge in [0.05, 0.1) is 12.8 Å². The minimum Gasteiger partial charge on any atom is -0.468 e. The first-order chi connectivity index (χ1) is 10.3. The van der Waals surface area contributed by atoms with E-state index in [9.17, 15) is 4.79 Å². The fraction of sp³-hybridized carbons (Fsp3) is 0.706. The third kappa shape index (κ3) is 7.50. The summed E-state index contributed by atoms with van der Waals surface area (Å²) in [4.78, 5) is 11.7. The first-order valence-corrected chi connectivity index (χ1v) is 8.05. The van der Waals surface area contributed by atoms with Crippen LogP contribution in [0.5, 0.6) is 0 Å². The molecule has 0 fully saturated rings. The summed E-state index contributed by atoms with van der Waals surface area (Å²) >= 11 is 0. The molecule has 0 aromatic carbocycles. The van der Waals surface area contributed by atoms with Gasteiger partial charge in [0.15, 0.2) is 0 Å². The van der Waals surface area contributed by atoms with Crippen molar-refractivity contribution in [1.29, 1.82) is 0 Å². The predicted octanol–water partition coefficient (Wildman–Crippen LogP) is 3.76. The van der Waals surface area contributed by atoms with Crippen molar-refractivity contribution in [2.75, 3.05) is 6.54 Å². The van der Waals surface area contributed by atoms with Crippen LogP contribution in [-0.2, 0) is 11.3 Å². The number of amides is 1. The molecule has 1 heterocycles. The van der Waals surface area contributed by atoms with E-state index in [0.717, 1.165) is 30.6 Å². The fourth-order valence-electron chi connectivity index (χ4n) is 2.07. The molecule has 0 bridgehead atoms. The Labute approximate surface area is 133 Å². The third-order valence-electron chi connectivity index (χ3n) is 3.32. The number of carbonyl (C=O) groups is 1. The molecular formula is C17H30N2O3. The van der Waals surface area contributed by atoms with E-state index in [-0.39, 0.29) is 12.1 Å². The normalized spacial score (nSPS) is 13.0. The Bertz CT molecular complexity index is 449. The molecule has 0 saturated carbocycles. The molecule has 0 radical (unpaired) electrons. The van der Waals surface area contributed by atoms with Crippen molar-refractivity contribution in [3.63, 3.8) is 0 Å². The maximum Gasteiger partial charge on any atom is 0.407 e. The van der Waals surface area contributed by atoms with E-state index >= 15 is 0 Å². The van der Waals surface area contributed by atoms with Crippen LogP contribution in [0.2, 0.25) is 0 Å². The van der Waals surface area contributed by atoms with E-state index < -0.39 is 5.60 Å². The average Bonchev–Trinajstić information content (AvgIpc) is 2.81. The SMILES string of the molecule is CCCCC(CNC(=O)OC(C)(C)C)NCc1occc1C. The molecule has 1 atom stereocenters. The van der Waals surface area contributed by atoms with Crippen molar-refractivity contribution < 1.29 is 13.9 Å². The molecule has 0 aliphatic carbocycles. The highest BCUT2D eigenvalue weighted by Crippen LogP contribution is 2.10. The van der Waals surface area contributed by atoms with E-state index in [1.165, 1.54) is 0 Å². The van der Waals surface area contributed by atoms with Crippen molar-refractivity contribution in [3.05, 3.63) is 23.7 Å². The summed E-state index contributed by atoms with van der Waals surface area (Å²) in [5.74, 6) is 0.943. The van der Waals surface area contributed by atoms with Crippen molar-refractivity contribution in [1.82, 2.24) is 10.6 Å². The van der Waals surface area contributed by atoms with Crippen LogP contribution in [0.15, 0.2) is 16.7 Å². The minimum atomic E-state index is -0.471. The van der Waals surface area contributed by atoms with Crippen LogP contribution in [0.4, 0.5) is 4.79 Å². The number of rotatable bonds is 8. The number of carbonyl (C=O) groups excluding carboxylic acids is 1. The Hall–Kier alpha value is -1.49. The van der Waals surface area contributed by atoms with Gasteiger partial charge in [0.2, 0.25) is 0 Å². The summed E-state index contributed by atoms with van der Waals surface area (Å²) in [6.07, 6.45) is 4.58. The van der Waals surface area contributed by atoms with Gasteiger partial charge in [-0.3, -0.25) is 0 Å². The Balaban J connectivity index is 2.43. The van der Waals surface area contributed by atoms with Crippen molar-refractivity contribution >= 4 is 6.09 Å². The fourth-order valence-corrected chi connectivity index (χ4v) is 2.07. The maximum absolute atomic E-state index is 11.7. The molecule has 1 unspecified atom stereocenters.